The Labute approximate surface area is 430 Å². The molecular formula is C47H66Br2ClN11O6Si2. The van der Waals surface area contributed by atoms with Crippen molar-refractivity contribution < 1.29 is 28.6 Å². The minimum absolute atomic E-state index is 0. The van der Waals surface area contributed by atoms with Gasteiger partial charge in [-0.2, -0.15) is 0 Å². The smallest absolute Gasteiger partial charge is 0.358 e. The molecule has 0 aliphatic heterocycles. The summed E-state index contributed by atoms with van der Waals surface area (Å²) in [5.74, 6) is -0.259. The summed E-state index contributed by atoms with van der Waals surface area (Å²) in [6.45, 7) is 29.6. The molecular weight excluding hydrogens is 1070 g/mol. The van der Waals surface area contributed by atoms with E-state index in [2.05, 4.69) is 111 Å². The number of nitrogens with two attached hydrogens (primary N) is 1. The highest BCUT2D eigenvalue weighted by Gasteiger charge is 2.20. The molecule has 0 aliphatic rings. The number of pyridine rings is 2. The number of aromatic nitrogens is 8. The van der Waals surface area contributed by atoms with Crippen LogP contribution in [0, 0.1) is 20.4 Å². The van der Waals surface area contributed by atoms with Crippen LogP contribution in [0.5, 0.6) is 0 Å². The summed E-state index contributed by atoms with van der Waals surface area (Å²) < 4.78 is 22.1. The Kier molecular flexibility index (Phi) is 23.8. The third-order valence-corrected chi connectivity index (χ3v) is 14.7. The largest absolute Gasteiger partial charge is 0.464 e. The maximum absolute atomic E-state index is 12.7. The molecule has 6 rings (SSSR count). The van der Waals surface area contributed by atoms with Crippen molar-refractivity contribution >= 4 is 99.9 Å². The topological polar surface area (TPSA) is 201 Å². The van der Waals surface area contributed by atoms with E-state index >= 15 is 0 Å². The van der Waals surface area contributed by atoms with E-state index in [4.69, 9.17) is 33.4 Å². The molecule has 0 saturated carbocycles. The predicted molar refractivity (Wildman–Crippen MR) is 287 cm³/mol. The highest BCUT2D eigenvalue weighted by atomic mass is 79.9. The first-order valence-electron chi connectivity index (χ1n) is 21.2. The molecule has 0 aliphatic carbocycles. The van der Waals surface area contributed by atoms with E-state index in [9.17, 15) is 14.4 Å². The van der Waals surface area contributed by atoms with E-state index in [1.807, 2.05) is 38.1 Å². The standard InChI is InChI=1S/C23H20ClN7O.C11H19BrN2O3Si.C11H19BrN2O2Si.2CH4/c1-13-6-21(25)29-14(2)18(13)10-28-22(32)20-12-31(23(26-3)30-20)11-15-4-5-19-16(7-15)8-17(24)9-27-19;1-16-10(15)9-7-14(11(12)13-9)8-17-5-6-18(2,3)4;1-9(15)10-7-14(11(12)13-10)8-16-5-6-17(2,3)4;;/h4-9,12H,10-11H2,1-2H3,(H2,25,29)(H,28,32);7H,5-6,8H2,1-4H3;7H,5-6,8H2,1-4H3;2*1H4. The van der Waals surface area contributed by atoms with Gasteiger partial charge in [0.05, 0.1) is 30.4 Å². The number of benzene rings is 1. The molecule has 17 nitrogen and oxygen atoms in total. The summed E-state index contributed by atoms with van der Waals surface area (Å²) in [6.07, 6.45) is 6.51. The molecule has 0 spiro atoms. The number of aryl methyl sites for hydroxylation is 2. The first kappa shape index (κ1) is 60.0. The van der Waals surface area contributed by atoms with Gasteiger partial charge in [0.25, 0.3) is 5.91 Å². The van der Waals surface area contributed by atoms with Gasteiger partial charge >= 0.3 is 11.9 Å². The molecule has 5 heterocycles. The number of hydrogen-bond acceptors (Lipinski definition) is 12. The van der Waals surface area contributed by atoms with Gasteiger partial charge in [-0.1, -0.05) is 71.8 Å². The summed E-state index contributed by atoms with van der Waals surface area (Å²) in [6, 6.07) is 11.6. The number of Topliss-reactive ketones (excluding diaryl/α,β-unsaturated/α-hetero) is 1. The average Bonchev–Trinajstić information content (AvgIpc) is 3.95. The van der Waals surface area contributed by atoms with Crippen LogP contribution in [0.4, 0.5) is 11.8 Å². The average molecular weight is 1130 g/mol. The molecule has 374 valence electrons. The Bertz CT molecular complexity index is 2700. The number of fused-ring (bicyclic) bond motifs is 1. The summed E-state index contributed by atoms with van der Waals surface area (Å²) in [7, 11) is -0.768. The maximum Gasteiger partial charge on any atom is 0.358 e. The van der Waals surface area contributed by atoms with Crippen molar-refractivity contribution in [1.82, 2.24) is 43.9 Å². The lowest BCUT2D eigenvalue weighted by Crippen LogP contribution is -2.24. The number of ketones is 1. The van der Waals surface area contributed by atoms with Gasteiger partial charge in [0, 0.05) is 72.5 Å². The van der Waals surface area contributed by atoms with Crippen molar-refractivity contribution in [2.24, 2.45) is 0 Å². The van der Waals surface area contributed by atoms with Crippen molar-refractivity contribution in [3.05, 3.63) is 120 Å². The number of halogens is 3. The third kappa shape index (κ3) is 19.3. The fourth-order valence-electron chi connectivity index (χ4n) is 6.01. The molecule has 6 aromatic rings. The molecule has 0 fully saturated rings. The van der Waals surface area contributed by atoms with Crippen LogP contribution in [-0.2, 0) is 40.8 Å². The Hall–Kier alpha value is -5.09. The van der Waals surface area contributed by atoms with Gasteiger partial charge in [-0.3, -0.25) is 19.1 Å². The van der Waals surface area contributed by atoms with Gasteiger partial charge in [-0.15, -0.1) is 11.6 Å². The van der Waals surface area contributed by atoms with Crippen molar-refractivity contribution in [3.8, 4) is 0 Å². The number of carbonyl (C=O) groups excluding carboxylic acids is 3. The molecule has 0 radical (unpaired) electrons. The lowest BCUT2D eigenvalue weighted by molar-refractivity contribution is 0.0593. The number of nitrogen functional groups attached to an aromatic ring is 1. The number of anilines is 1. The maximum atomic E-state index is 12.7. The number of rotatable bonds is 17. The zero-order valence-corrected chi connectivity index (χ0v) is 45.5. The van der Waals surface area contributed by atoms with Crippen LogP contribution in [0.25, 0.3) is 15.7 Å². The fourth-order valence-corrected chi connectivity index (χ4v) is 8.48. The highest BCUT2D eigenvalue weighted by molar-refractivity contribution is 9.10. The Balaban J connectivity index is 0.000000379. The number of imidazole rings is 3. The predicted octanol–water partition coefficient (Wildman–Crippen LogP) is 11.4. The number of hydrogen-bond donors (Lipinski definition) is 2. The van der Waals surface area contributed by atoms with E-state index in [-0.39, 0.29) is 43.9 Å². The number of esters is 1. The zero-order valence-electron chi connectivity index (χ0n) is 39.5. The lowest BCUT2D eigenvalue weighted by atomic mass is 10.1. The van der Waals surface area contributed by atoms with E-state index in [1.54, 1.807) is 44.6 Å². The Morgan fingerprint density at radius 3 is 1.91 bits per heavy atom. The van der Waals surface area contributed by atoms with Crippen LogP contribution < -0.4 is 11.1 Å². The number of amides is 1. The molecule has 0 bridgehead atoms. The number of carbonyl (C=O) groups is 3. The van der Waals surface area contributed by atoms with Crippen LogP contribution in [0.3, 0.4) is 0 Å². The summed E-state index contributed by atoms with van der Waals surface area (Å²) in [5.41, 5.74) is 11.1. The summed E-state index contributed by atoms with van der Waals surface area (Å²) in [4.78, 5) is 59.5. The number of nitrogens with one attached hydrogen (secondary N) is 1. The molecule has 5 aromatic heterocycles. The second kappa shape index (κ2) is 27.3. The second-order valence-corrected chi connectivity index (χ2v) is 31.0. The van der Waals surface area contributed by atoms with Crippen molar-refractivity contribution in [2.45, 2.75) is 114 Å². The summed E-state index contributed by atoms with van der Waals surface area (Å²) in [5, 5.41) is 4.31. The monoisotopic (exact) mass is 1130 g/mol. The number of methoxy groups -OCH3 is 1. The molecule has 22 heteroatoms. The number of ether oxygens (including phenoxy) is 3. The van der Waals surface area contributed by atoms with Crippen LogP contribution in [0.1, 0.15) is 75.6 Å². The van der Waals surface area contributed by atoms with E-state index in [0.717, 1.165) is 58.6 Å². The van der Waals surface area contributed by atoms with Crippen LogP contribution >= 0.6 is 43.5 Å². The normalized spacial score (nSPS) is 11.0. The van der Waals surface area contributed by atoms with Crippen molar-refractivity contribution in [1.29, 1.82) is 0 Å². The molecule has 0 atom stereocenters. The molecule has 0 unspecified atom stereocenters. The van der Waals surface area contributed by atoms with Gasteiger partial charge in [-0.25, -0.2) is 19.7 Å². The van der Waals surface area contributed by atoms with Gasteiger partial charge < -0.3 is 39.2 Å². The van der Waals surface area contributed by atoms with Crippen molar-refractivity contribution in [3.63, 3.8) is 0 Å². The zero-order chi connectivity index (χ0) is 49.6. The van der Waals surface area contributed by atoms with Gasteiger partial charge in [-0.05, 0) is 98.8 Å². The van der Waals surface area contributed by atoms with E-state index in [0.29, 0.717) is 52.6 Å². The summed E-state index contributed by atoms with van der Waals surface area (Å²) >= 11 is 12.6. The van der Waals surface area contributed by atoms with Crippen LogP contribution in [-0.4, -0.2) is 92.8 Å². The van der Waals surface area contributed by atoms with Gasteiger partial charge in [0.2, 0.25) is 5.69 Å². The molecule has 3 N–H and O–H groups in total. The molecule has 1 amide bonds. The van der Waals surface area contributed by atoms with Gasteiger partial charge in [0.1, 0.15) is 25.0 Å². The van der Waals surface area contributed by atoms with Crippen molar-refractivity contribution in [2.75, 3.05) is 26.1 Å². The lowest BCUT2D eigenvalue weighted by Gasteiger charge is -2.15. The SMILES string of the molecule is C.C.CC(=O)c1cn(COCC[Si](C)(C)C)c(Br)n1.COC(=O)c1cn(COCC[Si](C)(C)C)c(Br)n1.[C-]#[N+]c1nc(C(=O)NCc2c(C)cc(N)nc2C)cn1Cc1ccc2ncc(Cl)cc2c1. The Morgan fingerprint density at radius 2 is 1.39 bits per heavy atom. The molecule has 1 aromatic carbocycles. The number of nitrogens with zero attached hydrogens (tertiary/aromatic N) is 9. The minimum Gasteiger partial charge on any atom is -0.464 e. The fraction of sp³-hybridized carbons (Fsp3) is 0.426. The first-order valence-corrected chi connectivity index (χ1v) is 30.5. The Morgan fingerprint density at radius 1 is 0.826 bits per heavy atom. The van der Waals surface area contributed by atoms with Crippen LogP contribution in [0.2, 0.25) is 56.4 Å². The molecule has 69 heavy (non-hydrogen) atoms. The minimum atomic E-state index is -1.06. The van der Waals surface area contributed by atoms with E-state index < -0.39 is 22.1 Å². The van der Waals surface area contributed by atoms with Gasteiger partial charge in [0.15, 0.2) is 20.9 Å². The third-order valence-electron chi connectivity index (χ3n) is 9.82. The quantitative estimate of drug-likeness (QED) is 0.0288. The highest BCUT2D eigenvalue weighted by Crippen LogP contribution is 2.22. The first-order chi connectivity index (χ1) is 31.5. The molecule has 0 saturated heterocycles. The van der Waals surface area contributed by atoms with E-state index in [1.165, 1.54) is 14.0 Å². The second-order valence-electron chi connectivity index (χ2n) is 17.9. The van der Waals surface area contributed by atoms with Crippen LogP contribution in [0.15, 0.2) is 64.6 Å².